The molecule has 31 heavy (non-hydrogen) atoms. The third kappa shape index (κ3) is 4.74. The van der Waals surface area contributed by atoms with Crippen molar-refractivity contribution >= 4 is 28.7 Å². The number of likely N-dealkylation sites (tertiary alicyclic amines) is 1. The van der Waals surface area contributed by atoms with Crippen molar-refractivity contribution in [1.29, 1.82) is 0 Å². The van der Waals surface area contributed by atoms with Crippen LogP contribution in [0.3, 0.4) is 0 Å². The fourth-order valence-corrected chi connectivity index (χ4v) is 3.68. The highest BCUT2D eigenvalue weighted by Crippen LogP contribution is 2.23. The van der Waals surface area contributed by atoms with Gasteiger partial charge in [-0.25, -0.2) is 0 Å². The number of para-hydroxylation sites is 1. The number of aromatic amines is 1. The second-order valence-corrected chi connectivity index (χ2v) is 7.44. The van der Waals surface area contributed by atoms with Gasteiger partial charge in [-0.05, 0) is 18.9 Å². The maximum absolute atomic E-state index is 12.9. The molecule has 1 fully saturated rings. The van der Waals surface area contributed by atoms with Crippen LogP contribution in [-0.2, 0) is 14.3 Å². The second-order valence-electron chi connectivity index (χ2n) is 7.44. The third-order valence-corrected chi connectivity index (χ3v) is 5.29. The third-order valence-electron chi connectivity index (χ3n) is 5.29. The molecule has 1 aliphatic rings. The van der Waals surface area contributed by atoms with Gasteiger partial charge in [0.1, 0.15) is 0 Å². The number of hydrogen-bond donors (Lipinski definition) is 2. The SMILES string of the molecule is O=C(CCNC(=O)c1n[nH]c2ccccc12)OC(C(=O)N1CCCC1)c1ccccc1. The molecule has 160 valence electrons. The summed E-state index contributed by atoms with van der Waals surface area (Å²) in [6.07, 6.45) is 0.882. The minimum atomic E-state index is -0.974. The lowest BCUT2D eigenvalue weighted by Gasteiger charge is -2.23. The molecule has 4 rings (SSSR count). The van der Waals surface area contributed by atoms with E-state index in [9.17, 15) is 14.4 Å². The topological polar surface area (TPSA) is 104 Å². The number of H-pyrrole nitrogens is 1. The van der Waals surface area contributed by atoms with E-state index in [0.717, 1.165) is 18.4 Å². The van der Waals surface area contributed by atoms with Gasteiger partial charge in [-0.3, -0.25) is 19.5 Å². The molecule has 8 nitrogen and oxygen atoms in total. The lowest BCUT2D eigenvalue weighted by atomic mass is 10.1. The Morgan fingerprint density at radius 2 is 1.74 bits per heavy atom. The highest BCUT2D eigenvalue weighted by molar-refractivity contribution is 6.04. The summed E-state index contributed by atoms with van der Waals surface area (Å²) in [6, 6.07) is 16.3. The minimum Gasteiger partial charge on any atom is -0.447 e. The van der Waals surface area contributed by atoms with E-state index in [2.05, 4.69) is 15.5 Å². The molecule has 2 aromatic carbocycles. The average molecular weight is 420 g/mol. The van der Waals surface area contributed by atoms with Gasteiger partial charge in [-0.15, -0.1) is 0 Å². The largest absolute Gasteiger partial charge is 0.447 e. The molecular formula is C23H24N4O4. The predicted molar refractivity (Wildman–Crippen MR) is 114 cm³/mol. The number of fused-ring (bicyclic) bond motifs is 1. The van der Waals surface area contributed by atoms with Crippen molar-refractivity contribution in [2.45, 2.75) is 25.4 Å². The van der Waals surface area contributed by atoms with Crippen molar-refractivity contribution in [2.24, 2.45) is 0 Å². The predicted octanol–water partition coefficient (Wildman–Crippen LogP) is 2.59. The summed E-state index contributed by atoms with van der Waals surface area (Å²) in [6.45, 7) is 1.43. The molecule has 8 heteroatoms. The Bertz CT molecular complexity index is 1070. The maximum atomic E-state index is 12.9. The van der Waals surface area contributed by atoms with Crippen molar-refractivity contribution < 1.29 is 19.1 Å². The molecule has 1 aromatic heterocycles. The monoisotopic (exact) mass is 420 g/mol. The quantitative estimate of drug-likeness (QED) is 0.572. The Labute approximate surface area is 179 Å². The summed E-state index contributed by atoms with van der Waals surface area (Å²) in [4.78, 5) is 39.5. The summed E-state index contributed by atoms with van der Waals surface area (Å²) in [5.41, 5.74) is 1.67. The Kier molecular flexibility index (Phi) is 6.26. The van der Waals surface area contributed by atoms with Crippen molar-refractivity contribution in [3.8, 4) is 0 Å². The van der Waals surface area contributed by atoms with E-state index in [1.54, 1.807) is 23.1 Å². The number of aromatic nitrogens is 2. The number of benzene rings is 2. The molecule has 0 saturated carbocycles. The van der Waals surface area contributed by atoms with Crippen molar-refractivity contribution in [3.63, 3.8) is 0 Å². The van der Waals surface area contributed by atoms with E-state index in [-0.39, 0.29) is 30.5 Å². The van der Waals surface area contributed by atoms with Gasteiger partial charge in [0.05, 0.1) is 11.9 Å². The molecule has 2 N–H and O–H groups in total. The van der Waals surface area contributed by atoms with Gasteiger partial charge in [0, 0.05) is 30.6 Å². The highest BCUT2D eigenvalue weighted by atomic mass is 16.5. The van der Waals surface area contributed by atoms with E-state index >= 15 is 0 Å². The Balaban J connectivity index is 1.35. The zero-order valence-electron chi connectivity index (χ0n) is 17.0. The molecule has 0 bridgehead atoms. The van der Waals surface area contributed by atoms with Crippen LogP contribution in [0.1, 0.15) is 41.4 Å². The number of nitrogens with one attached hydrogen (secondary N) is 2. The van der Waals surface area contributed by atoms with Gasteiger partial charge in [-0.2, -0.15) is 5.10 Å². The molecule has 3 aromatic rings. The van der Waals surface area contributed by atoms with Crippen LogP contribution in [0.4, 0.5) is 0 Å². The zero-order valence-corrected chi connectivity index (χ0v) is 17.0. The summed E-state index contributed by atoms with van der Waals surface area (Å²) in [5.74, 6) is -1.13. The molecular weight excluding hydrogens is 396 g/mol. The smallest absolute Gasteiger partial charge is 0.308 e. The van der Waals surface area contributed by atoms with Gasteiger partial charge < -0.3 is 15.0 Å². The summed E-state index contributed by atoms with van der Waals surface area (Å²) >= 11 is 0. The number of carbonyl (C=O) groups excluding carboxylic acids is 3. The van der Waals surface area contributed by atoms with E-state index in [4.69, 9.17) is 4.74 Å². The zero-order chi connectivity index (χ0) is 21.6. The van der Waals surface area contributed by atoms with Crippen LogP contribution in [0.5, 0.6) is 0 Å². The number of esters is 1. The molecule has 2 heterocycles. The Morgan fingerprint density at radius 1 is 1.03 bits per heavy atom. The van der Waals surface area contributed by atoms with Crippen molar-refractivity contribution in [3.05, 3.63) is 65.9 Å². The maximum Gasteiger partial charge on any atom is 0.308 e. The van der Waals surface area contributed by atoms with E-state index in [0.29, 0.717) is 24.0 Å². The molecule has 0 spiro atoms. The number of ether oxygens (including phenoxy) is 1. The van der Waals surface area contributed by atoms with Crippen LogP contribution in [0, 0.1) is 0 Å². The number of amides is 2. The van der Waals surface area contributed by atoms with E-state index in [1.165, 1.54) is 0 Å². The molecule has 2 amide bonds. The molecule has 1 unspecified atom stereocenters. The molecule has 1 aliphatic heterocycles. The minimum absolute atomic E-state index is 0.0509. The molecule has 0 radical (unpaired) electrons. The van der Waals surface area contributed by atoms with Gasteiger partial charge in [0.2, 0.25) is 6.10 Å². The van der Waals surface area contributed by atoms with Gasteiger partial charge in [-0.1, -0.05) is 48.5 Å². The van der Waals surface area contributed by atoms with E-state index in [1.807, 2.05) is 36.4 Å². The van der Waals surface area contributed by atoms with Crippen LogP contribution >= 0.6 is 0 Å². The lowest BCUT2D eigenvalue weighted by Crippen LogP contribution is -2.35. The first kappa shape index (κ1) is 20.6. The van der Waals surface area contributed by atoms with Crippen LogP contribution in [0.25, 0.3) is 10.9 Å². The molecule has 1 saturated heterocycles. The Hall–Kier alpha value is -3.68. The van der Waals surface area contributed by atoms with Gasteiger partial charge in [0.15, 0.2) is 5.69 Å². The van der Waals surface area contributed by atoms with Crippen LogP contribution in [0.15, 0.2) is 54.6 Å². The van der Waals surface area contributed by atoms with Gasteiger partial charge >= 0.3 is 5.97 Å². The fourth-order valence-electron chi connectivity index (χ4n) is 3.68. The summed E-state index contributed by atoms with van der Waals surface area (Å²) in [7, 11) is 0. The number of hydrogen-bond acceptors (Lipinski definition) is 5. The van der Waals surface area contributed by atoms with E-state index < -0.39 is 12.1 Å². The first-order valence-electron chi connectivity index (χ1n) is 10.4. The first-order chi connectivity index (χ1) is 15.1. The van der Waals surface area contributed by atoms with Gasteiger partial charge in [0.25, 0.3) is 11.8 Å². The van der Waals surface area contributed by atoms with Crippen molar-refractivity contribution in [1.82, 2.24) is 20.4 Å². The van der Waals surface area contributed by atoms with Crippen molar-refractivity contribution in [2.75, 3.05) is 19.6 Å². The lowest BCUT2D eigenvalue weighted by molar-refractivity contribution is -0.160. The van der Waals surface area contributed by atoms with Crippen LogP contribution < -0.4 is 5.32 Å². The first-order valence-corrected chi connectivity index (χ1v) is 10.4. The standard InChI is InChI=1S/C23H24N4O4/c28-19(12-13-24-22(29)20-17-10-4-5-11-18(17)25-26-20)31-21(16-8-2-1-3-9-16)23(30)27-14-6-7-15-27/h1-5,8-11,21H,6-7,12-15H2,(H,24,29)(H,25,26). The number of carbonyl (C=O) groups is 3. The Morgan fingerprint density at radius 3 is 2.52 bits per heavy atom. The second kappa shape index (κ2) is 9.42. The summed E-state index contributed by atoms with van der Waals surface area (Å²) < 4.78 is 5.55. The highest BCUT2D eigenvalue weighted by Gasteiger charge is 2.30. The number of nitrogens with zero attached hydrogens (tertiary/aromatic N) is 2. The molecule has 0 aliphatic carbocycles. The molecule has 1 atom stereocenters. The normalized spacial score (nSPS) is 14.4. The fraction of sp³-hybridized carbons (Fsp3) is 0.304. The van der Waals surface area contributed by atoms with Crippen LogP contribution in [0.2, 0.25) is 0 Å². The van der Waals surface area contributed by atoms with Crippen LogP contribution in [-0.4, -0.2) is 52.5 Å². The number of rotatable bonds is 7. The average Bonchev–Trinajstić information content (AvgIpc) is 3.48. The summed E-state index contributed by atoms with van der Waals surface area (Å²) in [5, 5.41) is 10.3.